The van der Waals surface area contributed by atoms with Crippen molar-refractivity contribution >= 4 is 5.97 Å². The van der Waals surface area contributed by atoms with Crippen molar-refractivity contribution in [2.75, 3.05) is 6.61 Å². The van der Waals surface area contributed by atoms with E-state index in [0.717, 1.165) is 18.9 Å². The molecule has 2 rings (SSSR count). The van der Waals surface area contributed by atoms with Gasteiger partial charge in [-0.05, 0) is 36.5 Å². The van der Waals surface area contributed by atoms with Crippen LogP contribution in [0.3, 0.4) is 0 Å². The van der Waals surface area contributed by atoms with E-state index in [1.54, 1.807) is 0 Å². The van der Waals surface area contributed by atoms with E-state index in [0.29, 0.717) is 12.5 Å². The molecular formula is C13H16FNO3. The average molecular weight is 253 g/mol. The van der Waals surface area contributed by atoms with Gasteiger partial charge in [-0.15, -0.1) is 0 Å². The van der Waals surface area contributed by atoms with Crippen LogP contribution in [-0.2, 0) is 4.79 Å². The summed E-state index contributed by atoms with van der Waals surface area (Å²) >= 11 is 0. The van der Waals surface area contributed by atoms with Gasteiger partial charge in [-0.3, -0.25) is 4.79 Å². The van der Waals surface area contributed by atoms with E-state index in [1.807, 2.05) is 0 Å². The first-order chi connectivity index (χ1) is 8.58. The second kappa shape index (κ2) is 5.35. The number of halogens is 1. The van der Waals surface area contributed by atoms with Crippen LogP contribution in [0.4, 0.5) is 4.39 Å². The topological polar surface area (TPSA) is 72.6 Å². The lowest BCUT2D eigenvalue weighted by atomic mass is 9.86. The Bertz CT molecular complexity index is 446. The van der Waals surface area contributed by atoms with E-state index in [2.05, 4.69) is 0 Å². The van der Waals surface area contributed by atoms with E-state index in [9.17, 15) is 9.18 Å². The second-order valence-electron chi connectivity index (χ2n) is 4.61. The molecule has 0 aliphatic heterocycles. The molecule has 0 amide bonds. The molecular weight excluding hydrogens is 237 g/mol. The highest BCUT2D eigenvalue weighted by Crippen LogP contribution is 2.28. The van der Waals surface area contributed by atoms with Crippen LogP contribution < -0.4 is 10.5 Å². The van der Waals surface area contributed by atoms with Crippen LogP contribution in [0.25, 0.3) is 0 Å². The molecule has 0 saturated heterocycles. The first-order valence-corrected chi connectivity index (χ1v) is 5.98. The van der Waals surface area contributed by atoms with Crippen molar-refractivity contribution < 1.29 is 19.0 Å². The summed E-state index contributed by atoms with van der Waals surface area (Å²) < 4.78 is 19.0. The first kappa shape index (κ1) is 12.8. The SMILES string of the molecule is NC(C(=O)O)c1ccc(OCC2CCC2)c(F)c1. The maximum absolute atomic E-state index is 13.7. The Hall–Kier alpha value is -1.62. The zero-order valence-electron chi connectivity index (χ0n) is 9.93. The molecule has 1 aromatic rings. The highest BCUT2D eigenvalue weighted by atomic mass is 19.1. The summed E-state index contributed by atoms with van der Waals surface area (Å²) in [5, 5.41) is 8.73. The Morgan fingerprint density at radius 1 is 1.56 bits per heavy atom. The smallest absolute Gasteiger partial charge is 0.325 e. The zero-order chi connectivity index (χ0) is 13.1. The highest BCUT2D eigenvalue weighted by molar-refractivity contribution is 5.75. The molecule has 1 unspecified atom stereocenters. The van der Waals surface area contributed by atoms with E-state index >= 15 is 0 Å². The van der Waals surface area contributed by atoms with Crippen molar-refractivity contribution in [3.63, 3.8) is 0 Å². The number of rotatable bonds is 5. The normalized spacial score (nSPS) is 17.0. The Kier molecular flexibility index (Phi) is 3.81. The summed E-state index contributed by atoms with van der Waals surface area (Å²) in [7, 11) is 0. The molecule has 1 aromatic carbocycles. The fourth-order valence-electron chi connectivity index (χ4n) is 1.84. The van der Waals surface area contributed by atoms with E-state index in [4.69, 9.17) is 15.6 Å². The van der Waals surface area contributed by atoms with Gasteiger partial charge in [0, 0.05) is 0 Å². The fourth-order valence-corrected chi connectivity index (χ4v) is 1.84. The monoisotopic (exact) mass is 253 g/mol. The highest BCUT2D eigenvalue weighted by Gasteiger charge is 2.20. The van der Waals surface area contributed by atoms with Crippen molar-refractivity contribution in [3.05, 3.63) is 29.6 Å². The van der Waals surface area contributed by atoms with Gasteiger partial charge in [0.05, 0.1) is 6.61 Å². The molecule has 3 N–H and O–H groups in total. The molecule has 1 fully saturated rings. The molecule has 1 saturated carbocycles. The number of carboxylic acids is 1. The van der Waals surface area contributed by atoms with Gasteiger partial charge in [0.15, 0.2) is 11.6 Å². The third-order valence-corrected chi connectivity index (χ3v) is 3.28. The van der Waals surface area contributed by atoms with Crippen LogP contribution in [0.2, 0.25) is 0 Å². The number of carbonyl (C=O) groups is 1. The molecule has 0 aromatic heterocycles. The van der Waals surface area contributed by atoms with Crippen molar-refractivity contribution in [2.45, 2.75) is 25.3 Å². The minimum absolute atomic E-state index is 0.156. The summed E-state index contributed by atoms with van der Waals surface area (Å²) in [5.74, 6) is -1.07. The van der Waals surface area contributed by atoms with Crippen molar-refractivity contribution in [2.24, 2.45) is 11.7 Å². The summed E-state index contributed by atoms with van der Waals surface area (Å²) in [4.78, 5) is 10.7. The minimum atomic E-state index is -1.21. The summed E-state index contributed by atoms with van der Waals surface area (Å²) in [5.41, 5.74) is 5.63. The molecule has 18 heavy (non-hydrogen) atoms. The number of hydrogen-bond acceptors (Lipinski definition) is 3. The largest absolute Gasteiger partial charge is 0.490 e. The molecule has 1 atom stereocenters. The maximum atomic E-state index is 13.7. The minimum Gasteiger partial charge on any atom is -0.490 e. The van der Waals surface area contributed by atoms with Crippen molar-refractivity contribution in [1.82, 2.24) is 0 Å². The van der Waals surface area contributed by atoms with Gasteiger partial charge < -0.3 is 15.6 Å². The number of ether oxygens (including phenoxy) is 1. The second-order valence-corrected chi connectivity index (χ2v) is 4.61. The molecule has 5 heteroatoms. The van der Waals surface area contributed by atoms with Gasteiger partial charge in [-0.2, -0.15) is 0 Å². The summed E-state index contributed by atoms with van der Waals surface area (Å²) in [6.45, 7) is 0.515. The Morgan fingerprint density at radius 3 is 2.78 bits per heavy atom. The quantitative estimate of drug-likeness (QED) is 0.842. The maximum Gasteiger partial charge on any atom is 0.325 e. The number of hydrogen-bond donors (Lipinski definition) is 2. The number of carboxylic acid groups (broad SMARTS) is 1. The van der Waals surface area contributed by atoms with Crippen LogP contribution in [0.15, 0.2) is 18.2 Å². The fraction of sp³-hybridized carbons (Fsp3) is 0.462. The van der Waals surface area contributed by atoms with Gasteiger partial charge in [0.25, 0.3) is 0 Å². The van der Waals surface area contributed by atoms with Crippen molar-refractivity contribution in [1.29, 1.82) is 0 Å². The van der Waals surface area contributed by atoms with Crippen LogP contribution >= 0.6 is 0 Å². The van der Waals surface area contributed by atoms with E-state index in [-0.39, 0.29) is 11.3 Å². The van der Waals surface area contributed by atoms with Crippen LogP contribution in [0.5, 0.6) is 5.75 Å². The van der Waals surface area contributed by atoms with Gasteiger partial charge in [0.2, 0.25) is 0 Å². The average Bonchev–Trinajstić information content (AvgIpc) is 2.27. The van der Waals surface area contributed by atoms with Crippen molar-refractivity contribution in [3.8, 4) is 5.75 Å². The molecule has 0 heterocycles. The van der Waals surface area contributed by atoms with Crippen LogP contribution in [0, 0.1) is 11.7 Å². The zero-order valence-corrected chi connectivity index (χ0v) is 9.93. The third-order valence-electron chi connectivity index (χ3n) is 3.28. The predicted molar refractivity (Wildman–Crippen MR) is 63.8 cm³/mol. The standard InChI is InChI=1S/C13H16FNO3/c14-10-6-9(12(15)13(16)17)4-5-11(10)18-7-8-2-1-3-8/h4-6,8,12H,1-3,7,15H2,(H,16,17). The third kappa shape index (κ3) is 2.79. The Labute approximate surface area is 105 Å². The van der Waals surface area contributed by atoms with E-state index in [1.165, 1.54) is 18.6 Å². The van der Waals surface area contributed by atoms with Crippen LogP contribution in [0.1, 0.15) is 30.9 Å². The molecule has 0 radical (unpaired) electrons. The van der Waals surface area contributed by atoms with E-state index < -0.39 is 17.8 Å². The summed E-state index contributed by atoms with van der Waals surface area (Å²) in [6.07, 6.45) is 3.47. The summed E-state index contributed by atoms with van der Waals surface area (Å²) in [6, 6.07) is 2.83. The molecule has 1 aliphatic carbocycles. The van der Waals surface area contributed by atoms with Gasteiger partial charge >= 0.3 is 5.97 Å². The van der Waals surface area contributed by atoms with Gasteiger partial charge in [-0.1, -0.05) is 12.5 Å². The van der Waals surface area contributed by atoms with Gasteiger partial charge in [0.1, 0.15) is 6.04 Å². The Balaban J connectivity index is 2.02. The molecule has 4 nitrogen and oxygen atoms in total. The first-order valence-electron chi connectivity index (χ1n) is 5.98. The molecule has 98 valence electrons. The Morgan fingerprint density at radius 2 is 2.28 bits per heavy atom. The van der Waals surface area contributed by atoms with Crippen LogP contribution in [-0.4, -0.2) is 17.7 Å². The number of nitrogens with two attached hydrogens (primary N) is 1. The lowest BCUT2D eigenvalue weighted by Crippen LogP contribution is -2.21. The molecule has 0 spiro atoms. The predicted octanol–water partition coefficient (Wildman–Crippen LogP) is 2.09. The molecule has 0 bridgehead atoms. The van der Waals surface area contributed by atoms with Gasteiger partial charge in [-0.25, -0.2) is 4.39 Å². The number of aliphatic carboxylic acids is 1. The molecule has 1 aliphatic rings. The number of benzene rings is 1. The lowest BCUT2D eigenvalue weighted by molar-refractivity contribution is -0.138. The lowest BCUT2D eigenvalue weighted by Gasteiger charge is -2.25.